The average Bonchev–Trinajstić information content (AvgIpc) is 2.27. The first-order chi connectivity index (χ1) is 8.85. The Morgan fingerprint density at radius 2 is 1.58 bits per heavy atom. The van der Waals surface area contributed by atoms with Gasteiger partial charge >= 0.3 is 0 Å². The second-order valence-electron chi connectivity index (χ2n) is 6.98. The van der Waals surface area contributed by atoms with Crippen LogP contribution in [0.5, 0.6) is 0 Å². The summed E-state index contributed by atoms with van der Waals surface area (Å²) >= 11 is 0. The first-order valence-electron chi connectivity index (χ1n) is 7.44. The standard InChI is InChI=1S/C17H28N2/c1-6-19-16(2,3)12-15(13-17(19,4)5)18-14-10-8-7-9-11-14/h7-11,15,18H,6,12-13H2,1-5H3. The summed E-state index contributed by atoms with van der Waals surface area (Å²) in [4.78, 5) is 2.64. The smallest absolute Gasteiger partial charge is 0.0342 e. The molecule has 2 nitrogen and oxygen atoms in total. The first kappa shape index (κ1) is 14.4. The van der Waals surface area contributed by atoms with Crippen LogP contribution in [0.1, 0.15) is 47.5 Å². The molecule has 1 saturated heterocycles. The van der Waals surface area contributed by atoms with Crippen LogP contribution in [0.25, 0.3) is 0 Å². The molecule has 1 aliphatic heterocycles. The minimum atomic E-state index is 0.253. The maximum atomic E-state index is 3.71. The number of likely N-dealkylation sites (tertiary alicyclic amines) is 1. The van der Waals surface area contributed by atoms with Crippen molar-refractivity contribution in [1.82, 2.24) is 4.90 Å². The SMILES string of the molecule is CCN1C(C)(C)CC(Nc2ccccc2)CC1(C)C. The Hall–Kier alpha value is -1.02. The molecule has 106 valence electrons. The van der Waals surface area contributed by atoms with E-state index >= 15 is 0 Å². The average molecular weight is 260 g/mol. The second kappa shape index (κ2) is 5.16. The van der Waals surface area contributed by atoms with Gasteiger partial charge in [0, 0.05) is 22.8 Å². The molecule has 0 aromatic heterocycles. The van der Waals surface area contributed by atoms with E-state index in [0.29, 0.717) is 6.04 Å². The molecule has 1 aliphatic rings. The Kier molecular flexibility index (Phi) is 3.91. The van der Waals surface area contributed by atoms with Crippen LogP contribution in [0, 0.1) is 0 Å². The Balaban J connectivity index is 2.13. The molecule has 0 amide bonds. The third-order valence-corrected chi connectivity index (χ3v) is 4.41. The summed E-state index contributed by atoms with van der Waals surface area (Å²) in [5.41, 5.74) is 1.75. The lowest BCUT2D eigenvalue weighted by Crippen LogP contribution is -2.62. The number of benzene rings is 1. The fourth-order valence-electron chi connectivity index (χ4n) is 4.05. The van der Waals surface area contributed by atoms with E-state index in [1.165, 1.54) is 18.5 Å². The van der Waals surface area contributed by atoms with E-state index in [4.69, 9.17) is 0 Å². The molecular formula is C17H28N2. The van der Waals surface area contributed by atoms with E-state index in [1.807, 2.05) is 0 Å². The molecule has 0 unspecified atom stereocenters. The molecule has 0 saturated carbocycles. The van der Waals surface area contributed by atoms with Crippen molar-refractivity contribution in [3.05, 3.63) is 30.3 Å². The molecule has 2 rings (SSSR count). The van der Waals surface area contributed by atoms with Crippen LogP contribution in [0.3, 0.4) is 0 Å². The summed E-state index contributed by atoms with van der Waals surface area (Å²) in [5.74, 6) is 0. The summed E-state index contributed by atoms with van der Waals surface area (Å²) in [6, 6.07) is 11.1. The molecule has 0 spiro atoms. The van der Waals surface area contributed by atoms with Gasteiger partial charge in [0.2, 0.25) is 0 Å². The van der Waals surface area contributed by atoms with Crippen molar-refractivity contribution in [2.75, 3.05) is 11.9 Å². The minimum absolute atomic E-state index is 0.253. The number of piperidine rings is 1. The van der Waals surface area contributed by atoms with Crippen molar-refractivity contribution in [2.24, 2.45) is 0 Å². The van der Waals surface area contributed by atoms with Gasteiger partial charge < -0.3 is 5.32 Å². The molecule has 1 aromatic rings. The van der Waals surface area contributed by atoms with Gasteiger partial charge in [-0.15, -0.1) is 0 Å². The van der Waals surface area contributed by atoms with Crippen LogP contribution in [-0.4, -0.2) is 28.6 Å². The van der Waals surface area contributed by atoms with Gasteiger partial charge in [-0.25, -0.2) is 0 Å². The number of nitrogens with zero attached hydrogens (tertiary/aromatic N) is 1. The molecule has 1 aromatic carbocycles. The van der Waals surface area contributed by atoms with E-state index in [9.17, 15) is 0 Å². The number of anilines is 1. The lowest BCUT2D eigenvalue weighted by atomic mass is 9.77. The first-order valence-corrected chi connectivity index (χ1v) is 7.44. The van der Waals surface area contributed by atoms with Gasteiger partial charge in [0.15, 0.2) is 0 Å². The van der Waals surface area contributed by atoms with Gasteiger partial charge in [-0.3, -0.25) is 4.90 Å². The van der Waals surface area contributed by atoms with E-state index in [1.54, 1.807) is 0 Å². The molecule has 0 aliphatic carbocycles. The summed E-state index contributed by atoms with van der Waals surface area (Å²) in [5, 5.41) is 3.71. The van der Waals surface area contributed by atoms with Gasteiger partial charge in [-0.1, -0.05) is 25.1 Å². The van der Waals surface area contributed by atoms with Crippen LogP contribution in [0.4, 0.5) is 5.69 Å². The predicted molar refractivity (Wildman–Crippen MR) is 83.6 cm³/mol. The van der Waals surface area contributed by atoms with Gasteiger partial charge in [0.05, 0.1) is 0 Å². The molecular weight excluding hydrogens is 232 g/mol. The van der Waals surface area contributed by atoms with Crippen molar-refractivity contribution in [3.63, 3.8) is 0 Å². The molecule has 1 fully saturated rings. The van der Waals surface area contributed by atoms with Crippen LogP contribution in [0.2, 0.25) is 0 Å². The van der Waals surface area contributed by atoms with Crippen LogP contribution < -0.4 is 5.32 Å². The maximum absolute atomic E-state index is 3.71. The fourth-order valence-corrected chi connectivity index (χ4v) is 4.05. The van der Waals surface area contributed by atoms with Gasteiger partial charge in [0.25, 0.3) is 0 Å². The summed E-state index contributed by atoms with van der Waals surface area (Å²) in [6.45, 7) is 12.9. The van der Waals surface area contributed by atoms with E-state index < -0.39 is 0 Å². The molecule has 19 heavy (non-hydrogen) atoms. The lowest BCUT2D eigenvalue weighted by Gasteiger charge is -2.55. The highest BCUT2D eigenvalue weighted by Crippen LogP contribution is 2.38. The summed E-state index contributed by atoms with van der Waals surface area (Å²) in [6.07, 6.45) is 2.39. The highest BCUT2D eigenvalue weighted by Gasteiger charge is 2.44. The zero-order valence-electron chi connectivity index (χ0n) is 13.0. The predicted octanol–water partition coefficient (Wildman–Crippen LogP) is 4.14. The number of hydrogen-bond acceptors (Lipinski definition) is 2. The maximum Gasteiger partial charge on any atom is 0.0342 e. The van der Waals surface area contributed by atoms with Crippen LogP contribution in [-0.2, 0) is 0 Å². The van der Waals surface area contributed by atoms with E-state index in [2.05, 4.69) is 75.2 Å². The van der Waals surface area contributed by atoms with Gasteiger partial charge in [-0.05, 0) is 59.2 Å². The normalized spacial score (nSPS) is 23.2. The quantitative estimate of drug-likeness (QED) is 0.878. The zero-order valence-corrected chi connectivity index (χ0v) is 13.0. The Bertz CT molecular complexity index is 391. The Labute approximate surface area is 118 Å². The molecule has 1 N–H and O–H groups in total. The van der Waals surface area contributed by atoms with Crippen LogP contribution >= 0.6 is 0 Å². The monoisotopic (exact) mass is 260 g/mol. The van der Waals surface area contributed by atoms with Crippen molar-refractivity contribution in [3.8, 4) is 0 Å². The molecule has 0 atom stereocenters. The molecule has 0 radical (unpaired) electrons. The minimum Gasteiger partial charge on any atom is -0.382 e. The number of para-hydroxylation sites is 1. The van der Waals surface area contributed by atoms with Crippen molar-refractivity contribution in [2.45, 2.75) is 64.6 Å². The zero-order chi connectivity index (χ0) is 14.1. The van der Waals surface area contributed by atoms with Crippen molar-refractivity contribution >= 4 is 5.69 Å². The molecule has 2 heteroatoms. The Morgan fingerprint density at radius 3 is 2.05 bits per heavy atom. The summed E-state index contributed by atoms with van der Waals surface area (Å²) in [7, 11) is 0. The second-order valence-corrected chi connectivity index (χ2v) is 6.98. The number of hydrogen-bond donors (Lipinski definition) is 1. The van der Waals surface area contributed by atoms with Crippen LogP contribution in [0.15, 0.2) is 30.3 Å². The highest BCUT2D eigenvalue weighted by molar-refractivity contribution is 5.43. The Morgan fingerprint density at radius 1 is 1.05 bits per heavy atom. The third kappa shape index (κ3) is 3.11. The van der Waals surface area contributed by atoms with Crippen molar-refractivity contribution < 1.29 is 0 Å². The number of nitrogens with one attached hydrogen (secondary N) is 1. The van der Waals surface area contributed by atoms with Gasteiger partial charge in [0.1, 0.15) is 0 Å². The molecule has 0 bridgehead atoms. The molecule has 1 heterocycles. The largest absolute Gasteiger partial charge is 0.382 e. The van der Waals surface area contributed by atoms with E-state index in [0.717, 1.165) is 6.54 Å². The lowest BCUT2D eigenvalue weighted by molar-refractivity contribution is -0.0269. The van der Waals surface area contributed by atoms with Crippen molar-refractivity contribution in [1.29, 1.82) is 0 Å². The summed E-state index contributed by atoms with van der Waals surface area (Å²) < 4.78 is 0. The third-order valence-electron chi connectivity index (χ3n) is 4.41. The highest BCUT2D eigenvalue weighted by atomic mass is 15.3. The van der Waals surface area contributed by atoms with E-state index in [-0.39, 0.29) is 11.1 Å². The van der Waals surface area contributed by atoms with Gasteiger partial charge in [-0.2, -0.15) is 0 Å². The number of rotatable bonds is 3. The topological polar surface area (TPSA) is 15.3 Å². The fraction of sp³-hybridized carbons (Fsp3) is 0.647.